The van der Waals surface area contributed by atoms with Crippen molar-refractivity contribution in [1.29, 1.82) is 0 Å². The minimum Gasteiger partial charge on any atom is -0.481 e. The Morgan fingerprint density at radius 1 is 0.961 bits per heavy atom. The first-order chi connectivity index (χ1) is 24.6. The van der Waals surface area contributed by atoms with Crippen LogP contribution in [0.1, 0.15) is 35.6 Å². The predicted molar refractivity (Wildman–Crippen MR) is 183 cm³/mol. The number of hydrogen-bond acceptors (Lipinski definition) is 9. The zero-order chi connectivity index (χ0) is 35.7. The van der Waals surface area contributed by atoms with Gasteiger partial charge in [0.05, 0.1) is 30.4 Å². The van der Waals surface area contributed by atoms with Crippen LogP contribution in [0.15, 0.2) is 90.5 Å². The molecule has 7 rings (SSSR count). The van der Waals surface area contributed by atoms with Crippen LogP contribution in [0.3, 0.4) is 0 Å². The number of ether oxygens (including phenoxy) is 1. The summed E-state index contributed by atoms with van der Waals surface area (Å²) in [7, 11) is -2.65. The van der Waals surface area contributed by atoms with Crippen molar-refractivity contribution in [2.45, 2.75) is 36.7 Å². The topological polar surface area (TPSA) is 157 Å². The Morgan fingerprint density at radius 3 is 2.47 bits per heavy atom. The van der Waals surface area contributed by atoms with E-state index in [1.807, 2.05) is 16.9 Å². The standard InChI is InChI=1S/C35H32F2N8O5S/c1-50-34-24(14-27(36)19-40-34)17-38-31-8-7-22(32(37)42-31)13-25-21-45(51(48,49)29-5-3-2-4-6-29)33-30(25)15-23(16-39-33)26-18-41-44(20-26)28-9-11-43(12-10-28)35(46)47/h2-8,14-16,18-21,28H,9-13,17H2,1H3,(H,38,42)(H,46,47). The molecule has 0 bridgehead atoms. The van der Waals surface area contributed by atoms with Crippen molar-refractivity contribution in [1.82, 2.24) is 33.6 Å². The number of aromatic nitrogens is 6. The van der Waals surface area contributed by atoms with Crippen LogP contribution in [0.2, 0.25) is 0 Å². The van der Waals surface area contributed by atoms with Crippen molar-refractivity contribution in [2.75, 3.05) is 25.5 Å². The molecule has 5 aromatic heterocycles. The van der Waals surface area contributed by atoms with Gasteiger partial charge >= 0.3 is 6.09 Å². The van der Waals surface area contributed by atoms with E-state index in [1.165, 1.54) is 36.4 Å². The number of piperidine rings is 1. The van der Waals surface area contributed by atoms with Crippen LogP contribution in [0.4, 0.5) is 19.4 Å². The Bertz CT molecular complexity index is 2340. The molecule has 0 spiro atoms. The third-order valence-electron chi connectivity index (χ3n) is 8.89. The first kappa shape index (κ1) is 33.6. The molecular formula is C35H32F2N8O5S. The number of pyridine rings is 3. The maximum Gasteiger partial charge on any atom is 0.407 e. The maximum atomic E-state index is 15.5. The lowest BCUT2D eigenvalue weighted by Crippen LogP contribution is -2.38. The fourth-order valence-corrected chi connectivity index (χ4v) is 7.57. The summed E-state index contributed by atoms with van der Waals surface area (Å²) in [5.74, 6) is -0.883. The number of fused-ring (bicyclic) bond motifs is 1. The predicted octanol–water partition coefficient (Wildman–Crippen LogP) is 5.73. The second kappa shape index (κ2) is 13.8. The van der Waals surface area contributed by atoms with Crippen molar-refractivity contribution >= 4 is 33.0 Å². The van der Waals surface area contributed by atoms with Crippen LogP contribution < -0.4 is 10.1 Å². The highest BCUT2D eigenvalue weighted by Crippen LogP contribution is 2.32. The van der Waals surface area contributed by atoms with Crippen LogP contribution in [0.5, 0.6) is 5.88 Å². The number of hydrogen-bond donors (Lipinski definition) is 2. The summed E-state index contributed by atoms with van der Waals surface area (Å²) in [6.45, 7) is 0.908. The molecule has 0 aliphatic carbocycles. The molecule has 1 aromatic carbocycles. The molecule has 262 valence electrons. The summed E-state index contributed by atoms with van der Waals surface area (Å²) >= 11 is 0. The summed E-state index contributed by atoms with van der Waals surface area (Å²) < 4.78 is 65.0. The quantitative estimate of drug-likeness (QED) is 0.168. The van der Waals surface area contributed by atoms with Gasteiger partial charge in [0.1, 0.15) is 11.6 Å². The lowest BCUT2D eigenvalue weighted by Gasteiger charge is -2.30. The van der Waals surface area contributed by atoms with Gasteiger partial charge in [0, 0.05) is 72.3 Å². The van der Waals surface area contributed by atoms with Crippen molar-refractivity contribution < 1.29 is 31.8 Å². The van der Waals surface area contributed by atoms with Crippen LogP contribution >= 0.6 is 0 Å². The number of likely N-dealkylation sites (tertiary alicyclic amines) is 1. The van der Waals surface area contributed by atoms with E-state index in [1.54, 1.807) is 42.7 Å². The monoisotopic (exact) mass is 714 g/mol. The molecule has 6 aromatic rings. The summed E-state index contributed by atoms with van der Waals surface area (Å²) in [5, 5.41) is 17.3. The summed E-state index contributed by atoms with van der Waals surface area (Å²) in [6, 6.07) is 14.2. The number of rotatable bonds is 10. The molecule has 16 heteroatoms. The Balaban J connectivity index is 1.20. The van der Waals surface area contributed by atoms with Gasteiger partial charge in [-0.15, -0.1) is 0 Å². The highest BCUT2D eigenvalue weighted by Gasteiger charge is 2.26. The zero-order valence-electron chi connectivity index (χ0n) is 27.3. The van der Waals surface area contributed by atoms with Crippen LogP contribution in [-0.4, -0.2) is 73.4 Å². The third-order valence-corrected chi connectivity index (χ3v) is 10.6. The second-order valence-electron chi connectivity index (χ2n) is 12.1. The lowest BCUT2D eigenvalue weighted by atomic mass is 10.0. The molecule has 1 fully saturated rings. The van der Waals surface area contributed by atoms with Crippen LogP contribution in [0.25, 0.3) is 22.2 Å². The first-order valence-electron chi connectivity index (χ1n) is 16.0. The van der Waals surface area contributed by atoms with E-state index in [0.717, 1.165) is 15.7 Å². The molecule has 51 heavy (non-hydrogen) atoms. The fourth-order valence-electron chi connectivity index (χ4n) is 6.20. The molecule has 1 aliphatic heterocycles. The van der Waals surface area contributed by atoms with E-state index in [9.17, 15) is 22.7 Å². The molecular weight excluding hydrogens is 682 g/mol. The summed E-state index contributed by atoms with van der Waals surface area (Å²) in [4.78, 5) is 25.3. The lowest BCUT2D eigenvalue weighted by molar-refractivity contribution is 0.124. The van der Waals surface area contributed by atoms with Gasteiger partial charge in [0.15, 0.2) is 5.65 Å². The number of amides is 1. The molecule has 6 heterocycles. The number of nitrogens with zero attached hydrogens (tertiary/aromatic N) is 7. The summed E-state index contributed by atoms with van der Waals surface area (Å²) in [5.41, 5.74) is 2.73. The highest BCUT2D eigenvalue weighted by atomic mass is 32.2. The molecule has 1 aliphatic rings. The van der Waals surface area contributed by atoms with E-state index in [4.69, 9.17) is 4.74 Å². The number of benzene rings is 1. The zero-order valence-corrected chi connectivity index (χ0v) is 28.1. The third kappa shape index (κ3) is 6.81. The van der Waals surface area contributed by atoms with E-state index < -0.39 is 27.9 Å². The Labute approximate surface area is 291 Å². The first-order valence-corrected chi connectivity index (χ1v) is 17.5. The normalized spacial score (nSPS) is 13.8. The van der Waals surface area contributed by atoms with E-state index in [-0.39, 0.29) is 46.8 Å². The molecule has 0 atom stereocenters. The average molecular weight is 715 g/mol. The van der Waals surface area contributed by atoms with Gasteiger partial charge in [-0.25, -0.2) is 36.5 Å². The maximum absolute atomic E-state index is 15.5. The van der Waals surface area contributed by atoms with Gasteiger partial charge in [-0.3, -0.25) is 4.68 Å². The summed E-state index contributed by atoms with van der Waals surface area (Å²) in [6.07, 6.45) is 7.94. The van der Waals surface area contributed by atoms with Gasteiger partial charge in [-0.2, -0.15) is 9.49 Å². The number of halogens is 2. The number of methoxy groups -OCH3 is 1. The number of nitrogens with one attached hydrogen (secondary N) is 1. The van der Waals surface area contributed by atoms with Gasteiger partial charge in [0.2, 0.25) is 11.8 Å². The van der Waals surface area contributed by atoms with Gasteiger partial charge in [-0.05, 0) is 48.7 Å². The molecule has 0 radical (unpaired) electrons. The second-order valence-corrected chi connectivity index (χ2v) is 13.9. The SMILES string of the molecule is COc1ncc(F)cc1CNc1ccc(Cc2cn(S(=O)(=O)c3ccccc3)c3ncc(-c4cnn(C5CCN(C(=O)O)CC5)c4)cc23)c(F)n1. The largest absolute Gasteiger partial charge is 0.481 e. The van der Waals surface area contributed by atoms with Crippen molar-refractivity contribution in [2.24, 2.45) is 0 Å². The van der Waals surface area contributed by atoms with Gasteiger partial charge in [-0.1, -0.05) is 24.3 Å². The van der Waals surface area contributed by atoms with Crippen molar-refractivity contribution in [3.05, 3.63) is 114 Å². The Morgan fingerprint density at radius 2 is 1.75 bits per heavy atom. The molecule has 0 saturated carbocycles. The van der Waals surface area contributed by atoms with E-state index >= 15 is 4.39 Å². The number of carboxylic acid groups (broad SMARTS) is 1. The highest BCUT2D eigenvalue weighted by molar-refractivity contribution is 7.90. The molecule has 1 amide bonds. The number of anilines is 1. The molecule has 0 unspecified atom stereocenters. The minimum absolute atomic E-state index is 0.00110. The van der Waals surface area contributed by atoms with E-state index in [0.29, 0.717) is 48.0 Å². The molecule has 13 nitrogen and oxygen atoms in total. The van der Waals surface area contributed by atoms with Crippen molar-refractivity contribution in [3.8, 4) is 17.0 Å². The van der Waals surface area contributed by atoms with Gasteiger partial charge in [0.25, 0.3) is 10.0 Å². The van der Waals surface area contributed by atoms with Crippen molar-refractivity contribution in [3.63, 3.8) is 0 Å². The fraction of sp³-hybridized carbons (Fsp3) is 0.229. The smallest absolute Gasteiger partial charge is 0.407 e. The van der Waals surface area contributed by atoms with E-state index in [2.05, 4.69) is 25.4 Å². The number of carbonyl (C=O) groups is 1. The molecule has 2 N–H and O–H groups in total. The average Bonchev–Trinajstić information content (AvgIpc) is 3.78. The van der Waals surface area contributed by atoms with Gasteiger partial charge < -0.3 is 20.1 Å². The Hall–Kier alpha value is -5.90. The minimum atomic E-state index is -4.06. The van der Waals surface area contributed by atoms with Crippen LogP contribution in [-0.2, 0) is 23.0 Å². The van der Waals surface area contributed by atoms with Crippen LogP contribution in [0, 0.1) is 11.8 Å². The Kier molecular flexibility index (Phi) is 9.08. The molecule has 1 saturated heterocycles.